The van der Waals surface area contributed by atoms with Crippen LogP contribution in [0.15, 0.2) is 6.20 Å². The van der Waals surface area contributed by atoms with Gasteiger partial charge < -0.3 is 5.11 Å². The number of likely N-dealkylation sites (tertiary alicyclic amines) is 1. The second-order valence-corrected chi connectivity index (χ2v) is 5.91. The van der Waals surface area contributed by atoms with Crippen LogP contribution in [-0.4, -0.2) is 38.8 Å². The number of hydrogen-bond donors (Lipinski definition) is 1. The standard InChI is InChI=1S/C13H21N3O2/c1-13(2)5-4-6-16(9-13)8-11-10(12(17)18)7-14-15(11)3/h7H,4-6,8-9H2,1-3H3,(H,17,18). The van der Waals surface area contributed by atoms with Crippen LogP contribution in [0.2, 0.25) is 0 Å². The molecule has 1 saturated heterocycles. The Bertz CT molecular complexity index is 451. The number of piperidine rings is 1. The van der Waals surface area contributed by atoms with Crippen molar-refractivity contribution in [3.05, 3.63) is 17.5 Å². The second kappa shape index (κ2) is 4.72. The zero-order chi connectivity index (χ0) is 13.3. The number of nitrogens with zero attached hydrogens (tertiary/aromatic N) is 3. The van der Waals surface area contributed by atoms with Gasteiger partial charge in [-0.1, -0.05) is 13.8 Å². The highest BCUT2D eigenvalue weighted by molar-refractivity contribution is 5.88. The van der Waals surface area contributed by atoms with E-state index in [4.69, 9.17) is 5.11 Å². The van der Waals surface area contributed by atoms with Gasteiger partial charge in [-0.15, -0.1) is 0 Å². The lowest BCUT2D eigenvalue weighted by molar-refractivity contribution is 0.0691. The van der Waals surface area contributed by atoms with E-state index in [-0.39, 0.29) is 0 Å². The van der Waals surface area contributed by atoms with Gasteiger partial charge in [0.2, 0.25) is 0 Å². The summed E-state index contributed by atoms with van der Waals surface area (Å²) in [5, 5.41) is 13.2. The molecule has 2 heterocycles. The molecule has 0 unspecified atom stereocenters. The smallest absolute Gasteiger partial charge is 0.339 e. The van der Waals surface area contributed by atoms with Crippen LogP contribution in [0.25, 0.3) is 0 Å². The monoisotopic (exact) mass is 251 g/mol. The third-order valence-corrected chi connectivity index (χ3v) is 3.64. The maximum Gasteiger partial charge on any atom is 0.339 e. The van der Waals surface area contributed by atoms with Gasteiger partial charge in [0.25, 0.3) is 0 Å². The van der Waals surface area contributed by atoms with Gasteiger partial charge in [0, 0.05) is 20.1 Å². The predicted octanol–water partition coefficient (Wildman–Crippen LogP) is 1.74. The van der Waals surface area contributed by atoms with Gasteiger partial charge in [-0.3, -0.25) is 9.58 Å². The molecule has 1 N–H and O–H groups in total. The molecule has 0 amide bonds. The van der Waals surface area contributed by atoms with Crippen molar-refractivity contribution in [3.63, 3.8) is 0 Å². The first-order valence-corrected chi connectivity index (χ1v) is 6.35. The van der Waals surface area contributed by atoms with Gasteiger partial charge in [-0.2, -0.15) is 5.10 Å². The van der Waals surface area contributed by atoms with Crippen molar-refractivity contribution in [1.82, 2.24) is 14.7 Å². The molecule has 100 valence electrons. The summed E-state index contributed by atoms with van der Waals surface area (Å²) in [7, 11) is 1.80. The van der Waals surface area contributed by atoms with E-state index in [1.807, 2.05) is 0 Å². The summed E-state index contributed by atoms with van der Waals surface area (Å²) < 4.78 is 1.67. The highest BCUT2D eigenvalue weighted by Gasteiger charge is 2.27. The second-order valence-electron chi connectivity index (χ2n) is 5.91. The number of carbonyl (C=O) groups is 1. The van der Waals surface area contributed by atoms with Crippen molar-refractivity contribution >= 4 is 5.97 Å². The van der Waals surface area contributed by atoms with Crippen LogP contribution in [0.3, 0.4) is 0 Å². The Kier molecular flexibility index (Phi) is 3.43. The molecule has 2 rings (SSSR count). The van der Waals surface area contributed by atoms with Crippen LogP contribution in [0.5, 0.6) is 0 Å². The minimum atomic E-state index is -0.894. The number of carboxylic acids is 1. The maximum absolute atomic E-state index is 11.1. The summed E-state index contributed by atoms with van der Waals surface area (Å²) >= 11 is 0. The first-order chi connectivity index (χ1) is 8.39. The highest BCUT2D eigenvalue weighted by Crippen LogP contribution is 2.29. The summed E-state index contributed by atoms with van der Waals surface area (Å²) in [5.41, 5.74) is 1.43. The average Bonchev–Trinajstić information content (AvgIpc) is 2.59. The summed E-state index contributed by atoms with van der Waals surface area (Å²) in [6.07, 6.45) is 3.85. The molecule has 0 saturated carbocycles. The molecule has 0 aromatic carbocycles. The van der Waals surface area contributed by atoms with E-state index in [0.29, 0.717) is 17.5 Å². The molecule has 0 atom stereocenters. The first-order valence-electron chi connectivity index (χ1n) is 6.35. The summed E-state index contributed by atoms with van der Waals surface area (Å²) in [6.45, 7) is 7.24. The molecule has 1 fully saturated rings. The lowest BCUT2D eigenvalue weighted by atomic mass is 9.84. The van der Waals surface area contributed by atoms with E-state index < -0.39 is 5.97 Å². The number of carboxylic acid groups (broad SMARTS) is 1. The fourth-order valence-corrected chi connectivity index (χ4v) is 2.72. The number of aryl methyl sites for hydroxylation is 1. The molecule has 5 heteroatoms. The SMILES string of the molecule is Cn1ncc(C(=O)O)c1CN1CCCC(C)(C)C1. The largest absolute Gasteiger partial charge is 0.478 e. The molecule has 0 spiro atoms. The van der Waals surface area contributed by atoms with E-state index in [2.05, 4.69) is 23.8 Å². The molecule has 1 aromatic heterocycles. The Morgan fingerprint density at radius 3 is 2.89 bits per heavy atom. The normalized spacial score (nSPS) is 19.9. The maximum atomic E-state index is 11.1. The quantitative estimate of drug-likeness (QED) is 0.889. The zero-order valence-electron chi connectivity index (χ0n) is 11.3. The molecule has 0 aliphatic carbocycles. The van der Waals surface area contributed by atoms with Crippen LogP contribution in [0.1, 0.15) is 42.7 Å². The van der Waals surface area contributed by atoms with Crippen molar-refractivity contribution in [2.24, 2.45) is 12.5 Å². The van der Waals surface area contributed by atoms with Gasteiger partial charge in [0.05, 0.1) is 11.9 Å². The Labute approximate surface area is 107 Å². The fraction of sp³-hybridized carbons (Fsp3) is 0.692. The number of aromatic carboxylic acids is 1. The van der Waals surface area contributed by atoms with Gasteiger partial charge in [0.1, 0.15) is 5.56 Å². The third kappa shape index (κ3) is 2.72. The molecular weight excluding hydrogens is 230 g/mol. The van der Waals surface area contributed by atoms with Crippen LogP contribution in [0, 0.1) is 5.41 Å². The minimum absolute atomic E-state index is 0.320. The molecule has 1 aromatic rings. The van der Waals surface area contributed by atoms with Crippen molar-refractivity contribution < 1.29 is 9.90 Å². The topological polar surface area (TPSA) is 58.4 Å². The number of rotatable bonds is 3. The van der Waals surface area contributed by atoms with Gasteiger partial charge in [-0.25, -0.2) is 4.79 Å². The van der Waals surface area contributed by atoms with Crippen LogP contribution in [0.4, 0.5) is 0 Å². The van der Waals surface area contributed by atoms with Gasteiger partial charge in [-0.05, 0) is 24.8 Å². The molecule has 1 aliphatic heterocycles. The van der Waals surface area contributed by atoms with E-state index in [1.54, 1.807) is 11.7 Å². The average molecular weight is 251 g/mol. The van der Waals surface area contributed by atoms with E-state index in [1.165, 1.54) is 19.0 Å². The minimum Gasteiger partial charge on any atom is -0.478 e. The zero-order valence-corrected chi connectivity index (χ0v) is 11.3. The summed E-state index contributed by atoms with van der Waals surface area (Å²) in [4.78, 5) is 13.5. The Morgan fingerprint density at radius 1 is 1.56 bits per heavy atom. The lowest BCUT2D eigenvalue weighted by Crippen LogP contribution is -2.40. The first kappa shape index (κ1) is 13.1. The Balaban J connectivity index is 2.14. The number of aromatic nitrogens is 2. The molecule has 0 bridgehead atoms. The predicted molar refractivity (Wildman–Crippen MR) is 68.5 cm³/mol. The van der Waals surface area contributed by atoms with E-state index in [0.717, 1.165) is 18.8 Å². The highest BCUT2D eigenvalue weighted by atomic mass is 16.4. The summed E-state index contributed by atoms with van der Waals surface area (Å²) in [5.74, 6) is -0.894. The Hall–Kier alpha value is -1.36. The van der Waals surface area contributed by atoms with Crippen molar-refractivity contribution in [1.29, 1.82) is 0 Å². The van der Waals surface area contributed by atoms with Crippen molar-refractivity contribution in [3.8, 4) is 0 Å². The van der Waals surface area contributed by atoms with Gasteiger partial charge in [0.15, 0.2) is 0 Å². The molecular formula is C13H21N3O2. The van der Waals surface area contributed by atoms with Crippen LogP contribution < -0.4 is 0 Å². The third-order valence-electron chi connectivity index (χ3n) is 3.64. The summed E-state index contributed by atoms with van der Waals surface area (Å²) in [6, 6.07) is 0. The molecule has 18 heavy (non-hydrogen) atoms. The van der Waals surface area contributed by atoms with E-state index >= 15 is 0 Å². The lowest BCUT2D eigenvalue weighted by Gasteiger charge is -2.38. The van der Waals surface area contributed by atoms with Crippen LogP contribution in [-0.2, 0) is 13.6 Å². The number of hydrogen-bond acceptors (Lipinski definition) is 3. The van der Waals surface area contributed by atoms with Crippen LogP contribution >= 0.6 is 0 Å². The van der Waals surface area contributed by atoms with Crippen molar-refractivity contribution in [2.75, 3.05) is 13.1 Å². The fourth-order valence-electron chi connectivity index (χ4n) is 2.72. The molecule has 5 nitrogen and oxygen atoms in total. The Morgan fingerprint density at radius 2 is 2.28 bits per heavy atom. The van der Waals surface area contributed by atoms with Gasteiger partial charge >= 0.3 is 5.97 Å². The van der Waals surface area contributed by atoms with E-state index in [9.17, 15) is 4.79 Å². The van der Waals surface area contributed by atoms with Crippen molar-refractivity contribution in [2.45, 2.75) is 33.2 Å². The molecule has 1 aliphatic rings. The molecule has 0 radical (unpaired) electrons.